The van der Waals surface area contributed by atoms with E-state index in [4.69, 9.17) is 9.47 Å². The largest absolute Gasteiger partial charge is 0.493 e. The van der Waals surface area contributed by atoms with Crippen molar-refractivity contribution in [3.8, 4) is 11.5 Å². The molecule has 1 aliphatic rings. The number of sulfone groups is 1. The summed E-state index contributed by atoms with van der Waals surface area (Å²) in [5, 5.41) is 1.29. The first-order valence-corrected chi connectivity index (χ1v) is 8.39. The average molecular weight is 316 g/mol. The second kappa shape index (κ2) is 5.50. The van der Waals surface area contributed by atoms with E-state index in [0.29, 0.717) is 22.0 Å². The van der Waals surface area contributed by atoms with E-state index in [1.807, 2.05) is 25.1 Å². The first-order valence-electron chi connectivity index (χ1n) is 6.84. The second-order valence-corrected chi connectivity index (χ2v) is 6.84. The van der Waals surface area contributed by atoms with E-state index < -0.39 is 9.84 Å². The quantitative estimate of drug-likeness (QED) is 0.869. The number of aryl methyl sites for hydroxylation is 1. The summed E-state index contributed by atoms with van der Waals surface area (Å²) in [5.41, 5.74) is 2.34. The molecule has 0 aliphatic carbocycles. The van der Waals surface area contributed by atoms with Crippen LogP contribution in [0.5, 0.6) is 11.5 Å². The smallest absolute Gasteiger partial charge is 0.200 e. The van der Waals surface area contributed by atoms with E-state index in [1.54, 1.807) is 31.4 Å². The molecule has 0 saturated carbocycles. The molecule has 0 fully saturated rings. The highest BCUT2D eigenvalue weighted by Gasteiger charge is 2.28. The molecular weight excluding hydrogens is 300 g/mol. The predicted octanol–water partition coefficient (Wildman–Crippen LogP) is 3.21. The standard InChI is InChI=1S/C17H16O4S/c1-12-6-5-9-16-17(12)13(11-22(16,18)19)10-21-15-8-4-3-7-14(15)20-2/h3-9,11H,10H2,1-2H3. The van der Waals surface area contributed by atoms with Gasteiger partial charge in [0, 0.05) is 16.5 Å². The molecule has 0 radical (unpaired) electrons. The summed E-state index contributed by atoms with van der Waals surface area (Å²) in [7, 11) is -1.80. The summed E-state index contributed by atoms with van der Waals surface area (Å²) >= 11 is 0. The highest BCUT2D eigenvalue weighted by Crippen LogP contribution is 2.36. The Bertz CT molecular complexity index is 851. The molecule has 1 heterocycles. The van der Waals surface area contributed by atoms with Crippen molar-refractivity contribution < 1.29 is 17.9 Å². The molecule has 2 aromatic rings. The van der Waals surface area contributed by atoms with Crippen LogP contribution < -0.4 is 9.47 Å². The number of para-hydroxylation sites is 2. The molecule has 0 unspecified atom stereocenters. The molecule has 0 N–H and O–H groups in total. The molecule has 0 amide bonds. The van der Waals surface area contributed by atoms with E-state index in [0.717, 1.165) is 11.1 Å². The Balaban J connectivity index is 1.92. The zero-order chi connectivity index (χ0) is 15.7. The third-order valence-corrected chi connectivity index (χ3v) is 5.16. The van der Waals surface area contributed by atoms with Crippen molar-refractivity contribution in [2.45, 2.75) is 11.8 Å². The van der Waals surface area contributed by atoms with Crippen LogP contribution in [0.15, 0.2) is 52.8 Å². The van der Waals surface area contributed by atoms with Crippen LogP contribution in [-0.2, 0) is 9.84 Å². The summed E-state index contributed by atoms with van der Waals surface area (Å²) in [4.78, 5) is 0.353. The summed E-state index contributed by atoms with van der Waals surface area (Å²) < 4.78 is 35.4. The number of ether oxygens (including phenoxy) is 2. The minimum atomic E-state index is -3.37. The summed E-state index contributed by atoms with van der Waals surface area (Å²) in [6.07, 6.45) is 0. The monoisotopic (exact) mass is 316 g/mol. The number of methoxy groups -OCH3 is 1. The molecule has 22 heavy (non-hydrogen) atoms. The fourth-order valence-corrected chi connectivity index (χ4v) is 4.13. The van der Waals surface area contributed by atoms with Crippen molar-refractivity contribution in [2.75, 3.05) is 13.7 Å². The van der Waals surface area contributed by atoms with Gasteiger partial charge in [-0.1, -0.05) is 24.3 Å². The van der Waals surface area contributed by atoms with Gasteiger partial charge in [-0.15, -0.1) is 0 Å². The number of fused-ring (bicyclic) bond motifs is 1. The average Bonchev–Trinajstić information content (AvgIpc) is 2.78. The van der Waals surface area contributed by atoms with Gasteiger partial charge in [0.05, 0.1) is 12.0 Å². The number of benzene rings is 2. The molecule has 0 aromatic heterocycles. The topological polar surface area (TPSA) is 52.6 Å². The van der Waals surface area contributed by atoms with Crippen molar-refractivity contribution in [2.24, 2.45) is 0 Å². The van der Waals surface area contributed by atoms with Crippen molar-refractivity contribution in [3.63, 3.8) is 0 Å². The molecule has 0 saturated heterocycles. The maximum atomic E-state index is 12.2. The maximum Gasteiger partial charge on any atom is 0.200 e. The molecule has 4 nitrogen and oxygen atoms in total. The lowest BCUT2D eigenvalue weighted by Gasteiger charge is -2.12. The van der Waals surface area contributed by atoms with Gasteiger partial charge < -0.3 is 9.47 Å². The lowest BCUT2D eigenvalue weighted by Crippen LogP contribution is -2.02. The second-order valence-electron chi connectivity index (χ2n) is 5.08. The molecule has 0 spiro atoms. The number of rotatable bonds is 4. The Kier molecular flexibility index (Phi) is 3.66. The number of hydrogen-bond acceptors (Lipinski definition) is 4. The van der Waals surface area contributed by atoms with Gasteiger partial charge in [-0.3, -0.25) is 0 Å². The highest BCUT2D eigenvalue weighted by atomic mass is 32.2. The van der Waals surface area contributed by atoms with Gasteiger partial charge in [-0.2, -0.15) is 0 Å². The van der Waals surface area contributed by atoms with Crippen molar-refractivity contribution in [1.82, 2.24) is 0 Å². The maximum absolute atomic E-state index is 12.2. The van der Waals surface area contributed by atoms with Crippen LogP contribution in [0.3, 0.4) is 0 Å². The van der Waals surface area contributed by atoms with Crippen molar-refractivity contribution >= 4 is 15.4 Å². The molecule has 0 bridgehead atoms. The third kappa shape index (κ3) is 2.48. The predicted molar refractivity (Wildman–Crippen MR) is 84.8 cm³/mol. The molecule has 2 aromatic carbocycles. The number of hydrogen-bond donors (Lipinski definition) is 0. The highest BCUT2D eigenvalue weighted by molar-refractivity contribution is 7.95. The van der Waals surface area contributed by atoms with E-state index in [2.05, 4.69) is 0 Å². The summed E-state index contributed by atoms with van der Waals surface area (Å²) in [6, 6.07) is 12.6. The summed E-state index contributed by atoms with van der Waals surface area (Å²) in [6.45, 7) is 2.08. The van der Waals surface area contributed by atoms with Crippen LogP contribution in [0.2, 0.25) is 0 Å². The molecule has 0 atom stereocenters. The third-order valence-electron chi connectivity index (χ3n) is 3.61. The van der Waals surface area contributed by atoms with Gasteiger partial charge >= 0.3 is 0 Å². The van der Waals surface area contributed by atoms with Gasteiger partial charge in [0.2, 0.25) is 9.84 Å². The zero-order valence-electron chi connectivity index (χ0n) is 12.4. The molecule has 114 valence electrons. The lowest BCUT2D eigenvalue weighted by atomic mass is 10.0. The van der Waals surface area contributed by atoms with Gasteiger partial charge in [0.25, 0.3) is 0 Å². The Morgan fingerprint density at radius 1 is 1.00 bits per heavy atom. The van der Waals surface area contributed by atoms with Gasteiger partial charge in [0.15, 0.2) is 11.5 Å². The van der Waals surface area contributed by atoms with E-state index in [9.17, 15) is 8.42 Å². The Hall–Kier alpha value is -2.27. The lowest BCUT2D eigenvalue weighted by molar-refractivity contribution is 0.330. The Labute approximate surface area is 129 Å². The van der Waals surface area contributed by atoms with Crippen LogP contribution in [0.25, 0.3) is 5.57 Å². The molecular formula is C17H16O4S. The van der Waals surface area contributed by atoms with Crippen LogP contribution in [0.4, 0.5) is 0 Å². The minimum absolute atomic E-state index is 0.178. The van der Waals surface area contributed by atoms with E-state index in [1.165, 1.54) is 5.41 Å². The molecule has 3 rings (SSSR count). The van der Waals surface area contributed by atoms with E-state index in [-0.39, 0.29) is 6.61 Å². The van der Waals surface area contributed by atoms with E-state index >= 15 is 0 Å². The van der Waals surface area contributed by atoms with Crippen molar-refractivity contribution in [3.05, 3.63) is 59.0 Å². The Morgan fingerprint density at radius 2 is 1.73 bits per heavy atom. The van der Waals surface area contributed by atoms with Crippen LogP contribution >= 0.6 is 0 Å². The van der Waals surface area contributed by atoms with Gasteiger partial charge in [-0.25, -0.2) is 8.42 Å². The summed E-state index contributed by atoms with van der Waals surface area (Å²) in [5.74, 6) is 1.21. The molecule has 1 aliphatic heterocycles. The normalized spacial score (nSPS) is 15.1. The van der Waals surface area contributed by atoms with Gasteiger partial charge in [0.1, 0.15) is 6.61 Å². The zero-order valence-corrected chi connectivity index (χ0v) is 13.2. The molecule has 5 heteroatoms. The van der Waals surface area contributed by atoms with Crippen molar-refractivity contribution in [1.29, 1.82) is 0 Å². The fourth-order valence-electron chi connectivity index (χ4n) is 2.60. The SMILES string of the molecule is COc1ccccc1OCC1=CS(=O)(=O)c2cccc(C)c21. The fraction of sp³-hybridized carbons (Fsp3) is 0.176. The van der Waals surface area contributed by atoms with Crippen LogP contribution in [0, 0.1) is 6.92 Å². The first kappa shape index (κ1) is 14.7. The van der Waals surface area contributed by atoms with Crippen LogP contribution in [0.1, 0.15) is 11.1 Å². The first-order chi connectivity index (χ1) is 10.5. The van der Waals surface area contributed by atoms with Crippen LogP contribution in [-0.4, -0.2) is 22.1 Å². The van der Waals surface area contributed by atoms with Gasteiger partial charge in [-0.05, 0) is 30.7 Å². The Morgan fingerprint density at radius 3 is 2.45 bits per heavy atom. The minimum Gasteiger partial charge on any atom is -0.493 e.